The Balaban J connectivity index is 1.50. The molecule has 5 unspecified atom stereocenters. The van der Waals surface area contributed by atoms with E-state index in [-0.39, 0.29) is 17.9 Å². The molecule has 2 aromatic rings. The number of thiazole rings is 1. The summed E-state index contributed by atoms with van der Waals surface area (Å²) < 4.78 is 0. The van der Waals surface area contributed by atoms with Crippen molar-refractivity contribution in [2.45, 2.75) is 50.9 Å². The van der Waals surface area contributed by atoms with Crippen LogP contribution in [0.1, 0.15) is 57.2 Å². The largest absolute Gasteiger partial charge is 0.389 e. The summed E-state index contributed by atoms with van der Waals surface area (Å²) in [6.07, 6.45) is 5.21. The standard InChI is InChI=1S/C27H36N5O4PS/c1-5-31-13-11-28-22(27(31)36)23(33)20(15-37(3)4)30-24(34)18-8-6-9-19(14-18)26(35)32-12-7-10-21(32)25-29-17(2)16-38-25/h6,8-9,14,16,20-23,28,33H,3,5,7,10-13,15H2,1-2,4H3/p+1. The van der Waals surface area contributed by atoms with Gasteiger partial charge in [-0.25, -0.2) is 4.98 Å². The molecule has 9 nitrogen and oxygen atoms in total. The van der Waals surface area contributed by atoms with Crippen LogP contribution in [-0.2, 0) is 4.79 Å². The Morgan fingerprint density at radius 2 is 2.11 bits per heavy atom. The molecule has 5 atom stereocenters. The number of likely N-dealkylation sites (N-methyl/N-ethyl adjacent to an activating group) is 1. The monoisotopic (exact) mass is 558 g/mol. The summed E-state index contributed by atoms with van der Waals surface area (Å²) in [6.45, 7) is 8.20. The van der Waals surface area contributed by atoms with Crippen molar-refractivity contribution in [3.05, 3.63) is 51.5 Å². The highest BCUT2D eigenvalue weighted by Gasteiger charge is 2.39. The minimum Gasteiger partial charge on any atom is -0.389 e. The summed E-state index contributed by atoms with van der Waals surface area (Å²) in [7, 11) is -0.713. The summed E-state index contributed by atoms with van der Waals surface area (Å²) in [4.78, 5) is 47.8. The number of aliphatic hydroxyl groups is 1. The van der Waals surface area contributed by atoms with Crippen LogP contribution in [0.3, 0.4) is 0 Å². The first-order valence-corrected chi connectivity index (χ1v) is 16.1. The first kappa shape index (κ1) is 28.4. The SMILES string of the molecule is C=[P+](C)CC(NC(=O)c1cccc(C(=O)N2CCCC2c2nc(C)cs2)c1)C(O)C1NCCN(CC)C1=O. The fourth-order valence-corrected chi connectivity index (χ4v) is 7.06. The lowest BCUT2D eigenvalue weighted by molar-refractivity contribution is -0.139. The van der Waals surface area contributed by atoms with Crippen molar-refractivity contribution >= 4 is 42.9 Å². The molecule has 3 heterocycles. The van der Waals surface area contributed by atoms with Crippen molar-refractivity contribution in [1.82, 2.24) is 25.4 Å². The first-order valence-electron chi connectivity index (χ1n) is 13.0. The van der Waals surface area contributed by atoms with Gasteiger partial charge in [-0.3, -0.25) is 14.4 Å². The third-order valence-corrected chi connectivity index (χ3v) is 9.17. The molecule has 0 aliphatic carbocycles. The number of aromatic nitrogens is 1. The maximum absolute atomic E-state index is 13.5. The number of piperazine rings is 1. The van der Waals surface area contributed by atoms with E-state index in [0.717, 1.165) is 23.5 Å². The average molecular weight is 559 g/mol. The quantitative estimate of drug-likeness (QED) is 0.407. The van der Waals surface area contributed by atoms with Gasteiger partial charge in [0.2, 0.25) is 5.91 Å². The third-order valence-electron chi connectivity index (χ3n) is 7.09. The second kappa shape index (κ2) is 12.5. The fourth-order valence-electron chi connectivity index (χ4n) is 5.14. The molecule has 2 fully saturated rings. The molecule has 38 heavy (non-hydrogen) atoms. The zero-order chi connectivity index (χ0) is 27.4. The number of carbonyl (C=O) groups excluding carboxylic acids is 3. The van der Waals surface area contributed by atoms with Crippen molar-refractivity contribution in [1.29, 1.82) is 0 Å². The number of aryl methyl sites for hydroxylation is 1. The molecular weight excluding hydrogens is 521 g/mol. The molecular formula is C27H37N5O4PS+. The van der Waals surface area contributed by atoms with Crippen molar-refractivity contribution in [2.24, 2.45) is 0 Å². The van der Waals surface area contributed by atoms with Crippen LogP contribution in [-0.4, -0.2) is 101 Å². The van der Waals surface area contributed by atoms with Gasteiger partial charge in [-0.1, -0.05) is 6.07 Å². The zero-order valence-corrected chi connectivity index (χ0v) is 23.9. The molecule has 0 saturated carbocycles. The van der Waals surface area contributed by atoms with E-state index in [1.54, 1.807) is 40.5 Å². The summed E-state index contributed by atoms with van der Waals surface area (Å²) in [5, 5.41) is 20.2. The lowest BCUT2D eigenvalue weighted by atomic mass is 10.0. The number of amides is 3. The molecule has 2 saturated heterocycles. The molecule has 2 aliphatic heterocycles. The van der Waals surface area contributed by atoms with Gasteiger partial charge < -0.3 is 25.5 Å². The molecule has 4 rings (SSSR count). The van der Waals surface area contributed by atoms with Crippen LogP contribution in [0.15, 0.2) is 29.6 Å². The van der Waals surface area contributed by atoms with Crippen LogP contribution >= 0.6 is 18.9 Å². The number of rotatable bonds is 9. The molecule has 2 aliphatic rings. The van der Waals surface area contributed by atoms with Gasteiger partial charge >= 0.3 is 0 Å². The lowest BCUT2D eigenvalue weighted by Gasteiger charge is -2.36. The summed E-state index contributed by atoms with van der Waals surface area (Å²) >= 11 is 1.57. The molecule has 1 aromatic carbocycles. The van der Waals surface area contributed by atoms with Gasteiger partial charge in [0.15, 0.2) is 0 Å². The van der Waals surface area contributed by atoms with Crippen molar-refractivity contribution in [3.63, 3.8) is 0 Å². The van der Waals surface area contributed by atoms with Crippen LogP contribution in [0, 0.1) is 6.92 Å². The third kappa shape index (κ3) is 6.31. The Kier molecular flexibility index (Phi) is 9.31. The van der Waals surface area contributed by atoms with E-state index in [1.807, 2.05) is 30.8 Å². The molecule has 0 bridgehead atoms. The zero-order valence-electron chi connectivity index (χ0n) is 22.2. The van der Waals surface area contributed by atoms with Gasteiger partial charge in [-0.05, 0) is 44.9 Å². The number of hydrogen-bond donors (Lipinski definition) is 3. The number of benzene rings is 1. The van der Waals surface area contributed by atoms with Crippen LogP contribution in [0.4, 0.5) is 0 Å². The van der Waals surface area contributed by atoms with Crippen LogP contribution < -0.4 is 10.6 Å². The Hall–Kier alpha value is -2.65. The molecule has 0 spiro atoms. The smallest absolute Gasteiger partial charge is 0.254 e. The van der Waals surface area contributed by atoms with E-state index in [0.29, 0.717) is 43.5 Å². The summed E-state index contributed by atoms with van der Waals surface area (Å²) in [5.74, 6) is -0.694. The predicted octanol–water partition coefficient (Wildman–Crippen LogP) is 2.25. The molecule has 3 N–H and O–H groups in total. The number of aliphatic hydroxyl groups excluding tert-OH is 1. The Bertz CT molecular complexity index is 1200. The number of nitrogens with one attached hydrogen (secondary N) is 2. The van der Waals surface area contributed by atoms with E-state index in [1.165, 1.54) is 0 Å². The van der Waals surface area contributed by atoms with Gasteiger partial charge in [0.1, 0.15) is 23.3 Å². The number of hydrogen-bond acceptors (Lipinski definition) is 7. The van der Waals surface area contributed by atoms with E-state index in [4.69, 9.17) is 0 Å². The minimum absolute atomic E-state index is 0.0534. The van der Waals surface area contributed by atoms with Crippen molar-refractivity contribution in [2.75, 3.05) is 39.0 Å². The van der Waals surface area contributed by atoms with Crippen molar-refractivity contribution in [3.8, 4) is 0 Å². The van der Waals surface area contributed by atoms with Crippen LogP contribution in [0.2, 0.25) is 0 Å². The molecule has 3 amide bonds. The van der Waals surface area contributed by atoms with Gasteiger partial charge in [0, 0.05) is 48.4 Å². The van der Waals surface area contributed by atoms with Gasteiger partial charge in [0.05, 0.1) is 32.6 Å². The predicted molar refractivity (Wildman–Crippen MR) is 152 cm³/mol. The van der Waals surface area contributed by atoms with Gasteiger partial charge in [0.25, 0.3) is 11.8 Å². The lowest BCUT2D eigenvalue weighted by Crippen LogP contribution is -2.64. The Morgan fingerprint density at radius 1 is 1.34 bits per heavy atom. The Labute approximate surface area is 229 Å². The average Bonchev–Trinajstić information content (AvgIpc) is 3.56. The second-order valence-electron chi connectivity index (χ2n) is 10.0. The highest BCUT2D eigenvalue weighted by molar-refractivity contribution is 7.55. The summed E-state index contributed by atoms with van der Waals surface area (Å²) in [5.41, 5.74) is 1.72. The normalized spacial score (nSPS) is 21.8. The second-order valence-corrected chi connectivity index (χ2v) is 13.0. The first-order chi connectivity index (χ1) is 18.2. The van der Waals surface area contributed by atoms with E-state index in [2.05, 4.69) is 21.9 Å². The van der Waals surface area contributed by atoms with E-state index >= 15 is 0 Å². The molecule has 11 heteroatoms. The summed E-state index contributed by atoms with van der Waals surface area (Å²) in [6, 6.07) is 5.17. The molecule has 204 valence electrons. The molecule has 1 aromatic heterocycles. The molecule has 0 radical (unpaired) electrons. The van der Waals surface area contributed by atoms with Crippen LogP contribution in [0.5, 0.6) is 0 Å². The van der Waals surface area contributed by atoms with Crippen molar-refractivity contribution < 1.29 is 19.5 Å². The van der Waals surface area contributed by atoms with E-state index < -0.39 is 31.6 Å². The number of likely N-dealkylation sites (tertiary alicyclic amines) is 1. The fraction of sp³-hybridized carbons (Fsp3) is 0.519. The minimum atomic E-state index is -1.11. The highest BCUT2D eigenvalue weighted by atomic mass is 32.1. The van der Waals surface area contributed by atoms with Crippen LogP contribution in [0.25, 0.3) is 0 Å². The number of nitrogens with zero attached hydrogens (tertiary/aromatic N) is 3. The topological polar surface area (TPSA) is 115 Å². The maximum Gasteiger partial charge on any atom is 0.254 e. The van der Waals surface area contributed by atoms with Gasteiger partial charge in [-0.2, -0.15) is 0 Å². The van der Waals surface area contributed by atoms with Gasteiger partial charge in [-0.15, -0.1) is 11.3 Å². The highest BCUT2D eigenvalue weighted by Crippen LogP contribution is 2.34. The van der Waals surface area contributed by atoms with E-state index in [9.17, 15) is 19.5 Å². The Morgan fingerprint density at radius 3 is 2.79 bits per heavy atom. The maximum atomic E-state index is 13.5. The number of carbonyl (C=O) groups is 3.